The number of rotatable bonds is 1. The minimum Gasteiger partial charge on any atom is -0.668 e. The second-order valence-electron chi connectivity index (χ2n) is 6.74. The zero-order chi connectivity index (χ0) is 20.9. The number of nitrogens with zero attached hydrogens (tertiary/aromatic N) is 2. The van der Waals surface area contributed by atoms with Crippen LogP contribution < -0.4 is 0 Å². The minimum absolute atomic E-state index is 0.385. The molecule has 0 bridgehead atoms. The largest absolute Gasteiger partial charge is 0.668 e. The monoisotopic (exact) mass is 449 g/mol. The average Bonchev–Trinajstić information content (AvgIpc) is 3.28. The number of hydrogen-bond donors (Lipinski definition) is 0. The van der Waals surface area contributed by atoms with Gasteiger partial charge in [-0.05, 0) is 22.3 Å². The fourth-order valence-corrected chi connectivity index (χ4v) is 3.11. The maximum absolute atomic E-state index is 3.50. The molecule has 0 amide bonds. The summed E-state index contributed by atoms with van der Waals surface area (Å²) in [6, 6.07) is 17.5. The molecule has 0 unspecified atom stereocenters. The molecule has 2 aromatic carbocycles. The number of fused-ring (bicyclic) bond motifs is 3. The molecule has 0 saturated heterocycles. The summed E-state index contributed by atoms with van der Waals surface area (Å²) in [7, 11) is 7.00. The van der Waals surface area contributed by atoms with E-state index in [-0.39, 0.29) is 0 Å². The zero-order valence-corrected chi connectivity index (χ0v) is 20.4. The van der Waals surface area contributed by atoms with Gasteiger partial charge in [-0.2, -0.15) is 34.3 Å². The van der Waals surface area contributed by atoms with Gasteiger partial charge in [-0.15, -0.1) is 6.42 Å². The molecule has 0 aliphatic heterocycles. The van der Waals surface area contributed by atoms with E-state index in [4.69, 9.17) is 0 Å². The Bertz CT molecular complexity index is 754. The first kappa shape index (κ1) is 24.6. The molecule has 0 heterocycles. The summed E-state index contributed by atoms with van der Waals surface area (Å²) in [5, 5.41) is 7.00. The Hall–Kier alpha value is -1.41. The van der Waals surface area contributed by atoms with Crippen LogP contribution in [0.3, 0.4) is 0 Å². The summed E-state index contributed by atoms with van der Waals surface area (Å²) in [4.78, 5) is 0. The summed E-state index contributed by atoms with van der Waals surface area (Å²) >= 11 is 1.55. The molecule has 2 aliphatic carbocycles. The van der Waals surface area contributed by atoms with E-state index >= 15 is 0 Å². The van der Waals surface area contributed by atoms with Gasteiger partial charge in [0.05, 0.1) is 0 Å². The predicted molar refractivity (Wildman–Crippen MR) is 121 cm³/mol. The van der Waals surface area contributed by atoms with Gasteiger partial charge in [0.15, 0.2) is 0 Å². The van der Waals surface area contributed by atoms with Crippen LogP contribution in [-0.2, 0) is 24.2 Å². The van der Waals surface area contributed by atoms with E-state index in [1.807, 2.05) is 0 Å². The summed E-state index contributed by atoms with van der Waals surface area (Å²) < 4.78 is 1.51. The molecule has 2 nitrogen and oxygen atoms in total. The number of allylic oxidation sites excluding steroid dienone is 4. The first-order valence-electron chi connectivity index (χ1n) is 9.44. The van der Waals surface area contributed by atoms with E-state index in [0.717, 1.165) is 6.42 Å². The molecule has 148 valence electrons. The molecule has 2 aliphatic rings. The van der Waals surface area contributed by atoms with Gasteiger partial charge in [0.2, 0.25) is 0 Å². The molecular formula is C25H31N2Zr-3. The normalized spacial score (nSPS) is 12.8. The Labute approximate surface area is 186 Å². The topological polar surface area (TPSA) is 28.2 Å². The molecule has 0 atom stereocenters. The summed E-state index contributed by atoms with van der Waals surface area (Å²) in [6.45, 7) is 4.25. The maximum atomic E-state index is 3.50. The Morgan fingerprint density at radius 2 is 1.25 bits per heavy atom. The van der Waals surface area contributed by atoms with E-state index < -0.39 is 0 Å². The SMILES string of the molecule is C[C](C)=[Zr].C[N-]C.C[N-]C.[C-]1=C(C2c3ccccc3-c3ccccc32)C=CC1. The Morgan fingerprint density at radius 1 is 0.857 bits per heavy atom. The fraction of sp³-hybridized carbons (Fsp3) is 0.320. The second-order valence-corrected chi connectivity index (χ2v) is 9.20. The van der Waals surface area contributed by atoms with E-state index in [0.29, 0.717) is 5.92 Å². The van der Waals surface area contributed by atoms with Crippen molar-refractivity contribution >= 4 is 3.21 Å². The van der Waals surface area contributed by atoms with Crippen LogP contribution in [0.1, 0.15) is 37.3 Å². The van der Waals surface area contributed by atoms with Crippen molar-refractivity contribution in [1.29, 1.82) is 0 Å². The van der Waals surface area contributed by atoms with Crippen molar-refractivity contribution < 1.29 is 24.2 Å². The molecule has 4 rings (SSSR count). The minimum atomic E-state index is 0.385. The summed E-state index contributed by atoms with van der Waals surface area (Å²) in [5.41, 5.74) is 6.94. The maximum Gasteiger partial charge on any atom is 0.00195 e. The van der Waals surface area contributed by atoms with Crippen LogP contribution in [0.25, 0.3) is 21.8 Å². The van der Waals surface area contributed by atoms with Gasteiger partial charge < -0.3 is 10.6 Å². The van der Waals surface area contributed by atoms with Crippen LogP contribution in [0.4, 0.5) is 0 Å². The molecule has 0 fully saturated rings. The zero-order valence-electron chi connectivity index (χ0n) is 18.0. The Balaban J connectivity index is 0.000000334. The van der Waals surface area contributed by atoms with Gasteiger partial charge >= 0.3 is 41.3 Å². The number of hydrogen-bond acceptors (Lipinski definition) is 0. The third-order valence-electron chi connectivity index (χ3n) is 3.87. The van der Waals surface area contributed by atoms with Gasteiger partial charge in [-0.3, -0.25) is 6.08 Å². The number of benzene rings is 2. The smallest absolute Gasteiger partial charge is 0.00195 e. The van der Waals surface area contributed by atoms with Gasteiger partial charge in [-0.25, -0.2) is 11.6 Å². The van der Waals surface area contributed by atoms with Crippen molar-refractivity contribution in [2.75, 3.05) is 28.2 Å². The van der Waals surface area contributed by atoms with Crippen molar-refractivity contribution in [2.24, 2.45) is 0 Å². The van der Waals surface area contributed by atoms with Crippen LogP contribution in [0, 0.1) is 6.08 Å². The fourth-order valence-electron chi connectivity index (χ4n) is 3.11. The van der Waals surface area contributed by atoms with Gasteiger partial charge in [0.1, 0.15) is 0 Å². The van der Waals surface area contributed by atoms with Gasteiger partial charge in [0.25, 0.3) is 0 Å². The van der Waals surface area contributed by atoms with Crippen LogP contribution >= 0.6 is 0 Å². The van der Waals surface area contributed by atoms with Crippen molar-refractivity contribution in [3.05, 3.63) is 94.1 Å². The molecule has 0 aromatic heterocycles. The van der Waals surface area contributed by atoms with Crippen LogP contribution in [0.15, 0.2) is 66.3 Å². The molecule has 28 heavy (non-hydrogen) atoms. The van der Waals surface area contributed by atoms with Crippen LogP contribution in [0.5, 0.6) is 0 Å². The third-order valence-corrected chi connectivity index (χ3v) is 3.87. The third kappa shape index (κ3) is 7.20. The van der Waals surface area contributed by atoms with Crippen molar-refractivity contribution in [3.8, 4) is 11.1 Å². The standard InChI is InChI=1S/C18H13.C3H6.2C2H6N.Zr/c1-2-8-13(7-1)18-16-11-5-3-9-14(16)15-10-4-6-12-17(15)18;3*1-3-2;/h1,3-7,9-12,18H,2H2;3*1-2H3;/q-1;;2*-1;. The first-order chi connectivity index (χ1) is 13.5. The van der Waals surface area contributed by atoms with E-state index in [1.165, 1.54) is 31.0 Å². The first-order valence-corrected chi connectivity index (χ1v) is 10.7. The Morgan fingerprint density at radius 3 is 1.61 bits per heavy atom. The van der Waals surface area contributed by atoms with Gasteiger partial charge in [0, 0.05) is 5.92 Å². The quantitative estimate of drug-likeness (QED) is 0.445. The molecule has 0 N–H and O–H groups in total. The van der Waals surface area contributed by atoms with Crippen molar-refractivity contribution in [1.82, 2.24) is 0 Å². The van der Waals surface area contributed by atoms with E-state index in [1.54, 1.807) is 52.4 Å². The Kier molecular flexibility index (Phi) is 12.1. The molecule has 0 radical (unpaired) electrons. The van der Waals surface area contributed by atoms with Crippen molar-refractivity contribution in [2.45, 2.75) is 26.2 Å². The van der Waals surface area contributed by atoms with Crippen molar-refractivity contribution in [3.63, 3.8) is 0 Å². The summed E-state index contributed by atoms with van der Waals surface area (Å²) in [5.74, 6) is 0.385. The molecule has 3 heteroatoms. The molecule has 0 spiro atoms. The molecule has 2 aromatic rings. The second kappa shape index (κ2) is 13.7. The predicted octanol–water partition coefficient (Wildman–Crippen LogP) is 6.47. The van der Waals surface area contributed by atoms with E-state index in [2.05, 4.69) is 91.2 Å². The molecular weight excluding hydrogens is 420 g/mol. The van der Waals surface area contributed by atoms with Gasteiger partial charge in [-0.1, -0.05) is 48.5 Å². The van der Waals surface area contributed by atoms with Crippen LogP contribution in [0.2, 0.25) is 0 Å². The summed E-state index contributed by atoms with van der Waals surface area (Å²) in [6.07, 6.45) is 8.86. The average molecular weight is 451 g/mol. The van der Waals surface area contributed by atoms with Crippen LogP contribution in [-0.4, -0.2) is 31.4 Å². The molecule has 0 saturated carbocycles. The van der Waals surface area contributed by atoms with E-state index in [9.17, 15) is 0 Å².